The fourth-order valence-electron chi connectivity index (χ4n) is 0.878. The van der Waals surface area contributed by atoms with Crippen molar-refractivity contribution in [2.75, 3.05) is 5.88 Å². The Morgan fingerprint density at radius 2 is 2.67 bits per heavy atom. The number of nitrogens with two attached hydrogens (primary N) is 1. The van der Waals surface area contributed by atoms with Gasteiger partial charge in [0.1, 0.15) is 11.4 Å². The first kappa shape index (κ1) is 9.70. The largest absolute Gasteiger partial charge is 0.374 e. The monoisotopic (exact) mass is 207 g/mol. The molecule has 0 amide bonds. The highest BCUT2D eigenvalue weighted by molar-refractivity contribution is 7.80. The van der Waals surface area contributed by atoms with Gasteiger partial charge in [0.2, 0.25) is 0 Å². The molecule has 1 unspecified atom stereocenters. The van der Waals surface area contributed by atoms with E-state index in [4.69, 9.17) is 22.2 Å². The quantitative estimate of drug-likeness (QED) is 0.487. The van der Waals surface area contributed by atoms with Crippen molar-refractivity contribution in [2.45, 2.75) is 18.9 Å². The van der Waals surface area contributed by atoms with Crippen molar-refractivity contribution in [1.82, 2.24) is 5.48 Å². The van der Waals surface area contributed by atoms with Crippen molar-refractivity contribution >= 4 is 34.8 Å². The molecule has 0 bridgehead atoms. The summed E-state index contributed by atoms with van der Waals surface area (Å²) in [5, 5.41) is 0.0972. The molecule has 0 aromatic rings. The molecule has 1 aliphatic rings. The second-order valence-corrected chi connectivity index (χ2v) is 3.55. The molecule has 1 heterocycles. The van der Waals surface area contributed by atoms with Crippen LogP contribution in [0, 0.1) is 0 Å². The minimum Gasteiger partial charge on any atom is -0.374 e. The van der Waals surface area contributed by atoms with Gasteiger partial charge >= 0.3 is 0 Å². The van der Waals surface area contributed by atoms with Gasteiger partial charge in [-0.2, -0.15) is 0 Å². The zero-order valence-corrected chi connectivity index (χ0v) is 8.21. The van der Waals surface area contributed by atoms with Gasteiger partial charge in [0.05, 0.1) is 5.88 Å². The predicted molar refractivity (Wildman–Crippen MR) is 52.2 cm³/mol. The van der Waals surface area contributed by atoms with Crippen molar-refractivity contribution in [3.63, 3.8) is 0 Å². The van der Waals surface area contributed by atoms with Gasteiger partial charge in [0.15, 0.2) is 5.11 Å². The van der Waals surface area contributed by atoms with Crippen LogP contribution >= 0.6 is 23.8 Å². The van der Waals surface area contributed by atoms with E-state index in [9.17, 15) is 0 Å². The van der Waals surface area contributed by atoms with Crippen LogP contribution < -0.4 is 11.2 Å². The summed E-state index contributed by atoms with van der Waals surface area (Å²) in [5.41, 5.74) is 7.45. The van der Waals surface area contributed by atoms with Gasteiger partial charge in [-0.3, -0.25) is 10.3 Å². The Hall–Kier alpha value is -0.390. The maximum absolute atomic E-state index is 5.67. The summed E-state index contributed by atoms with van der Waals surface area (Å²) in [6, 6.07) is 0. The average molecular weight is 208 g/mol. The molecule has 68 valence electrons. The van der Waals surface area contributed by atoms with Crippen LogP contribution in [0.15, 0.2) is 4.99 Å². The van der Waals surface area contributed by atoms with Gasteiger partial charge in [-0.05, 0) is 19.1 Å². The third-order valence-electron chi connectivity index (χ3n) is 1.48. The smallest absolute Gasteiger partial charge is 0.191 e. The second-order valence-electron chi connectivity index (χ2n) is 2.86. The molecule has 4 nitrogen and oxygen atoms in total. The van der Waals surface area contributed by atoms with Crippen molar-refractivity contribution in [3.8, 4) is 0 Å². The summed E-state index contributed by atoms with van der Waals surface area (Å²) in [6.07, 6.45) is 0.605. The minimum atomic E-state index is -0.398. The summed E-state index contributed by atoms with van der Waals surface area (Å²) >= 11 is 10.3. The van der Waals surface area contributed by atoms with E-state index in [1.807, 2.05) is 6.92 Å². The molecule has 12 heavy (non-hydrogen) atoms. The summed E-state index contributed by atoms with van der Waals surface area (Å²) in [5.74, 6) is 1.03. The third-order valence-corrected chi connectivity index (χ3v) is 2.14. The maximum Gasteiger partial charge on any atom is 0.191 e. The van der Waals surface area contributed by atoms with Gasteiger partial charge in [0, 0.05) is 6.42 Å². The molecule has 0 aromatic heterocycles. The van der Waals surface area contributed by atoms with Gasteiger partial charge in [0.25, 0.3) is 0 Å². The third kappa shape index (κ3) is 2.30. The van der Waals surface area contributed by atoms with Crippen molar-refractivity contribution in [1.29, 1.82) is 0 Å². The number of rotatable bonds is 1. The van der Waals surface area contributed by atoms with Gasteiger partial charge in [-0.25, -0.2) is 4.99 Å². The lowest BCUT2D eigenvalue weighted by Crippen LogP contribution is -2.26. The number of hydrogen-bond donors (Lipinski definition) is 2. The summed E-state index contributed by atoms with van der Waals surface area (Å²) in [7, 11) is 0. The summed E-state index contributed by atoms with van der Waals surface area (Å²) in [6.45, 7) is 1.88. The zero-order chi connectivity index (χ0) is 9.19. The molecular formula is C6H10ClN3OS. The number of nitrogens with one attached hydrogen (secondary N) is 1. The lowest BCUT2D eigenvalue weighted by molar-refractivity contribution is -0.0174. The molecule has 1 fully saturated rings. The Labute approximate surface area is 81.1 Å². The minimum absolute atomic E-state index is 0.0972. The molecule has 3 N–H and O–H groups in total. The maximum atomic E-state index is 5.67. The highest BCUT2D eigenvalue weighted by Crippen LogP contribution is 2.21. The first-order valence-corrected chi connectivity index (χ1v) is 4.37. The highest BCUT2D eigenvalue weighted by atomic mass is 35.5. The van der Waals surface area contributed by atoms with Crippen LogP contribution in [0.1, 0.15) is 13.3 Å². The standard InChI is InChI=1S/C6H10ClN3OS/c1-6(3-7)2-4(10-11-6)9-5(8)12/h2-3H2,1H3,(H3,8,9,10,12). The van der Waals surface area contributed by atoms with E-state index in [2.05, 4.69) is 22.7 Å². The summed E-state index contributed by atoms with van der Waals surface area (Å²) in [4.78, 5) is 9.03. The SMILES string of the molecule is CC1(CCl)CC(=NC(N)=S)NO1. The van der Waals surface area contributed by atoms with Crippen molar-refractivity contribution < 1.29 is 4.84 Å². The van der Waals surface area contributed by atoms with Crippen LogP contribution in [-0.2, 0) is 4.84 Å². The van der Waals surface area contributed by atoms with Crippen LogP contribution in [0.25, 0.3) is 0 Å². The lowest BCUT2D eigenvalue weighted by atomic mass is 10.1. The Bertz CT molecular complexity index is 233. The number of nitrogens with zero attached hydrogens (tertiary/aromatic N) is 1. The van der Waals surface area contributed by atoms with E-state index in [1.54, 1.807) is 0 Å². The van der Waals surface area contributed by atoms with Crippen LogP contribution in [0.2, 0.25) is 0 Å². The molecule has 1 aliphatic heterocycles. The molecule has 6 heteroatoms. The molecule has 1 rings (SSSR count). The lowest BCUT2D eigenvalue weighted by Gasteiger charge is -2.15. The molecule has 0 aliphatic carbocycles. The highest BCUT2D eigenvalue weighted by Gasteiger charge is 2.33. The zero-order valence-electron chi connectivity index (χ0n) is 6.63. The number of halogens is 1. The van der Waals surface area contributed by atoms with Gasteiger partial charge < -0.3 is 5.73 Å². The Morgan fingerprint density at radius 1 is 2.00 bits per heavy atom. The van der Waals surface area contributed by atoms with Crippen molar-refractivity contribution in [3.05, 3.63) is 0 Å². The number of thiocarbonyl (C=S) groups is 1. The topological polar surface area (TPSA) is 59.6 Å². The van der Waals surface area contributed by atoms with E-state index in [0.717, 1.165) is 0 Å². The number of alkyl halides is 1. The van der Waals surface area contributed by atoms with Gasteiger partial charge in [-0.15, -0.1) is 11.6 Å². The van der Waals surface area contributed by atoms with E-state index < -0.39 is 5.60 Å². The van der Waals surface area contributed by atoms with Crippen LogP contribution in [-0.4, -0.2) is 22.4 Å². The molecular weight excluding hydrogens is 198 g/mol. The van der Waals surface area contributed by atoms with Crippen LogP contribution in [0.5, 0.6) is 0 Å². The fraction of sp³-hybridized carbons (Fsp3) is 0.667. The Morgan fingerprint density at radius 3 is 3.08 bits per heavy atom. The molecule has 0 aromatic carbocycles. The van der Waals surface area contributed by atoms with Gasteiger partial charge in [-0.1, -0.05) is 0 Å². The fourth-order valence-corrected chi connectivity index (χ4v) is 1.14. The van der Waals surface area contributed by atoms with Crippen molar-refractivity contribution in [2.24, 2.45) is 10.7 Å². The molecule has 1 saturated heterocycles. The second kappa shape index (κ2) is 3.55. The number of hydroxylamine groups is 1. The van der Waals surface area contributed by atoms with E-state index in [-0.39, 0.29) is 5.11 Å². The molecule has 0 radical (unpaired) electrons. The van der Waals surface area contributed by atoms with E-state index >= 15 is 0 Å². The first-order valence-electron chi connectivity index (χ1n) is 3.43. The number of hydrogen-bond acceptors (Lipinski definition) is 2. The number of aliphatic imine (C=N–C) groups is 1. The molecule has 1 atom stereocenters. The Kier molecular flexibility index (Phi) is 2.87. The number of amidine groups is 1. The van der Waals surface area contributed by atoms with Crippen LogP contribution in [0.3, 0.4) is 0 Å². The predicted octanol–water partition coefficient (Wildman–Crippen LogP) is 0.551. The van der Waals surface area contributed by atoms with E-state index in [0.29, 0.717) is 18.1 Å². The van der Waals surface area contributed by atoms with Crippen LogP contribution in [0.4, 0.5) is 0 Å². The Balaban J connectivity index is 2.62. The average Bonchev–Trinajstić information content (AvgIpc) is 2.32. The normalized spacial score (nSPS) is 32.0. The molecule has 0 saturated carbocycles. The summed E-state index contributed by atoms with van der Waals surface area (Å²) < 4.78 is 0. The molecule has 0 spiro atoms. The van der Waals surface area contributed by atoms with E-state index in [1.165, 1.54) is 0 Å². The first-order chi connectivity index (χ1) is 5.56.